The fraction of sp³-hybridized carbons (Fsp3) is 0.571. The van der Waals surface area contributed by atoms with Crippen molar-refractivity contribution in [2.45, 2.75) is 45.1 Å². The van der Waals surface area contributed by atoms with Crippen LogP contribution in [0.4, 0.5) is 0 Å². The van der Waals surface area contributed by atoms with Crippen LogP contribution in [-0.4, -0.2) is 6.04 Å². The van der Waals surface area contributed by atoms with Crippen LogP contribution in [0, 0.1) is 5.92 Å². The normalized spacial score (nSPS) is 22.1. The molecular formula is C14H21N. The van der Waals surface area contributed by atoms with Crippen molar-refractivity contribution in [3.8, 4) is 0 Å². The van der Waals surface area contributed by atoms with Crippen LogP contribution in [0.1, 0.15) is 37.3 Å². The third-order valence-corrected chi connectivity index (χ3v) is 3.61. The Morgan fingerprint density at radius 1 is 1.33 bits per heavy atom. The second kappa shape index (κ2) is 4.80. The lowest BCUT2D eigenvalue weighted by Crippen LogP contribution is -2.33. The molecule has 0 spiro atoms. The molecule has 0 heterocycles. The van der Waals surface area contributed by atoms with Crippen LogP contribution in [0.2, 0.25) is 0 Å². The maximum absolute atomic E-state index is 6.22. The first-order valence-electron chi connectivity index (χ1n) is 6.13. The summed E-state index contributed by atoms with van der Waals surface area (Å²) in [4.78, 5) is 0. The fourth-order valence-electron chi connectivity index (χ4n) is 2.66. The van der Waals surface area contributed by atoms with E-state index in [0.29, 0.717) is 12.0 Å². The fourth-order valence-corrected chi connectivity index (χ4v) is 2.66. The van der Waals surface area contributed by atoms with Gasteiger partial charge in [-0.3, -0.25) is 0 Å². The number of hydrogen-bond donors (Lipinski definition) is 1. The molecule has 0 bridgehead atoms. The SMILES string of the molecule is CCCC(N)C1CCc2ccccc2C1. The van der Waals surface area contributed by atoms with Gasteiger partial charge in [0.05, 0.1) is 0 Å². The zero-order valence-corrected chi connectivity index (χ0v) is 9.58. The van der Waals surface area contributed by atoms with E-state index >= 15 is 0 Å². The standard InChI is InChI=1S/C14H21N/c1-2-5-14(15)13-9-8-11-6-3-4-7-12(11)10-13/h3-4,6-7,13-14H,2,5,8-10,15H2,1H3. The molecule has 15 heavy (non-hydrogen) atoms. The highest BCUT2D eigenvalue weighted by atomic mass is 14.6. The maximum Gasteiger partial charge on any atom is 0.00703 e. The van der Waals surface area contributed by atoms with E-state index in [-0.39, 0.29) is 0 Å². The minimum atomic E-state index is 0.406. The van der Waals surface area contributed by atoms with Crippen molar-refractivity contribution in [2.24, 2.45) is 11.7 Å². The summed E-state index contributed by atoms with van der Waals surface area (Å²) < 4.78 is 0. The molecule has 0 fully saturated rings. The number of hydrogen-bond acceptors (Lipinski definition) is 1. The van der Waals surface area contributed by atoms with Gasteiger partial charge in [-0.2, -0.15) is 0 Å². The summed E-state index contributed by atoms with van der Waals surface area (Å²) in [5.41, 5.74) is 9.28. The molecule has 0 saturated carbocycles. The van der Waals surface area contributed by atoms with E-state index in [4.69, 9.17) is 5.73 Å². The molecule has 2 unspecified atom stereocenters. The Balaban J connectivity index is 2.05. The van der Waals surface area contributed by atoms with Gasteiger partial charge in [-0.1, -0.05) is 37.6 Å². The van der Waals surface area contributed by atoms with Crippen molar-refractivity contribution in [1.82, 2.24) is 0 Å². The highest BCUT2D eigenvalue weighted by Gasteiger charge is 2.22. The molecule has 0 saturated heterocycles. The predicted octanol–water partition coefficient (Wildman–Crippen LogP) is 2.92. The molecule has 1 aromatic carbocycles. The maximum atomic E-state index is 6.22. The van der Waals surface area contributed by atoms with Gasteiger partial charge < -0.3 is 5.73 Å². The summed E-state index contributed by atoms with van der Waals surface area (Å²) >= 11 is 0. The average Bonchev–Trinajstić information content (AvgIpc) is 2.29. The van der Waals surface area contributed by atoms with Crippen molar-refractivity contribution in [2.75, 3.05) is 0 Å². The molecule has 2 rings (SSSR count). The highest BCUT2D eigenvalue weighted by molar-refractivity contribution is 5.29. The van der Waals surface area contributed by atoms with E-state index < -0.39 is 0 Å². The molecule has 0 radical (unpaired) electrons. The zero-order valence-electron chi connectivity index (χ0n) is 9.58. The van der Waals surface area contributed by atoms with Crippen LogP contribution in [0.5, 0.6) is 0 Å². The van der Waals surface area contributed by atoms with Crippen molar-refractivity contribution in [1.29, 1.82) is 0 Å². The summed E-state index contributed by atoms with van der Waals surface area (Å²) in [5.74, 6) is 0.708. The second-order valence-electron chi connectivity index (χ2n) is 4.72. The summed E-state index contributed by atoms with van der Waals surface area (Å²) in [7, 11) is 0. The minimum absolute atomic E-state index is 0.406. The Morgan fingerprint density at radius 3 is 2.80 bits per heavy atom. The Labute approximate surface area is 92.7 Å². The number of rotatable bonds is 3. The van der Waals surface area contributed by atoms with Crippen LogP contribution < -0.4 is 5.73 Å². The van der Waals surface area contributed by atoms with Crippen LogP contribution >= 0.6 is 0 Å². The predicted molar refractivity (Wildman–Crippen MR) is 64.8 cm³/mol. The monoisotopic (exact) mass is 203 g/mol. The second-order valence-corrected chi connectivity index (χ2v) is 4.72. The smallest absolute Gasteiger partial charge is 0.00703 e. The summed E-state index contributed by atoms with van der Waals surface area (Å²) in [5, 5.41) is 0. The van der Waals surface area contributed by atoms with Gasteiger partial charge in [0.25, 0.3) is 0 Å². The number of benzene rings is 1. The van der Waals surface area contributed by atoms with E-state index in [1.807, 2.05) is 0 Å². The van der Waals surface area contributed by atoms with Crippen LogP contribution in [-0.2, 0) is 12.8 Å². The van der Waals surface area contributed by atoms with E-state index in [2.05, 4.69) is 31.2 Å². The molecule has 0 aromatic heterocycles. The first-order valence-corrected chi connectivity index (χ1v) is 6.13. The van der Waals surface area contributed by atoms with Gasteiger partial charge in [-0.05, 0) is 42.7 Å². The molecule has 1 aliphatic rings. The van der Waals surface area contributed by atoms with Crippen molar-refractivity contribution in [3.63, 3.8) is 0 Å². The molecular weight excluding hydrogens is 182 g/mol. The molecule has 2 N–H and O–H groups in total. The summed E-state index contributed by atoms with van der Waals surface area (Å²) in [6, 6.07) is 9.22. The topological polar surface area (TPSA) is 26.0 Å². The summed E-state index contributed by atoms with van der Waals surface area (Å²) in [6.45, 7) is 2.22. The molecule has 1 heteroatoms. The third-order valence-electron chi connectivity index (χ3n) is 3.61. The average molecular weight is 203 g/mol. The van der Waals surface area contributed by atoms with Gasteiger partial charge in [-0.25, -0.2) is 0 Å². The molecule has 1 aromatic rings. The Kier molecular flexibility index (Phi) is 3.42. The van der Waals surface area contributed by atoms with Gasteiger partial charge in [0, 0.05) is 6.04 Å². The number of fused-ring (bicyclic) bond motifs is 1. The van der Waals surface area contributed by atoms with Crippen molar-refractivity contribution >= 4 is 0 Å². The quantitative estimate of drug-likeness (QED) is 0.803. The van der Waals surface area contributed by atoms with Gasteiger partial charge in [-0.15, -0.1) is 0 Å². The van der Waals surface area contributed by atoms with Crippen molar-refractivity contribution < 1.29 is 0 Å². The minimum Gasteiger partial charge on any atom is -0.327 e. The largest absolute Gasteiger partial charge is 0.327 e. The molecule has 1 nitrogen and oxygen atoms in total. The Morgan fingerprint density at radius 2 is 2.07 bits per heavy atom. The molecule has 0 aliphatic heterocycles. The van der Waals surface area contributed by atoms with Crippen LogP contribution in [0.15, 0.2) is 24.3 Å². The van der Waals surface area contributed by atoms with Gasteiger partial charge in [0.1, 0.15) is 0 Å². The first kappa shape index (κ1) is 10.7. The molecule has 82 valence electrons. The van der Waals surface area contributed by atoms with Gasteiger partial charge in [0.15, 0.2) is 0 Å². The molecule has 1 aliphatic carbocycles. The summed E-state index contributed by atoms with van der Waals surface area (Å²) in [6.07, 6.45) is 6.07. The Hall–Kier alpha value is -0.820. The lowest BCUT2D eigenvalue weighted by molar-refractivity contribution is 0.357. The molecule has 2 atom stereocenters. The zero-order chi connectivity index (χ0) is 10.7. The lowest BCUT2D eigenvalue weighted by atomic mass is 9.79. The van der Waals surface area contributed by atoms with Crippen molar-refractivity contribution in [3.05, 3.63) is 35.4 Å². The number of aryl methyl sites for hydroxylation is 1. The van der Waals surface area contributed by atoms with E-state index in [1.54, 1.807) is 0 Å². The highest BCUT2D eigenvalue weighted by Crippen LogP contribution is 2.27. The van der Waals surface area contributed by atoms with Gasteiger partial charge >= 0.3 is 0 Å². The molecule has 0 amide bonds. The van der Waals surface area contributed by atoms with Crippen LogP contribution in [0.25, 0.3) is 0 Å². The van der Waals surface area contributed by atoms with E-state index in [9.17, 15) is 0 Å². The lowest BCUT2D eigenvalue weighted by Gasteiger charge is -2.29. The first-order chi connectivity index (χ1) is 7.31. The Bertz CT molecular complexity index is 319. The van der Waals surface area contributed by atoms with Gasteiger partial charge in [0.2, 0.25) is 0 Å². The van der Waals surface area contributed by atoms with E-state index in [1.165, 1.54) is 43.2 Å². The number of nitrogens with two attached hydrogens (primary N) is 1. The third kappa shape index (κ3) is 2.40. The van der Waals surface area contributed by atoms with Crippen LogP contribution in [0.3, 0.4) is 0 Å². The van der Waals surface area contributed by atoms with E-state index in [0.717, 1.165) is 0 Å².